The number of hydrogen-bond acceptors (Lipinski definition) is 2. The van der Waals surface area contributed by atoms with Crippen LogP contribution >= 0.6 is 0 Å². The minimum absolute atomic E-state index is 0.352. The van der Waals surface area contributed by atoms with Gasteiger partial charge in [0.2, 0.25) is 0 Å². The van der Waals surface area contributed by atoms with Crippen molar-refractivity contribution in [1.82, 2.24) is 4.90 Å². The molecule has 2 aromatic carbocycles. The maximum atomic E-state index is 11.4. The Labute approximate surface area is 137 Å². The van der Waals surface area contributed by atoms with Crippen molar-refractivity contribution in [3.63, 3.8) is 0 Å². The van der Waals surface area contributed by atoms with E-state index in [-0.39, 0.29) is 0 Å². The lowest BCUT2D eigenvalue weighted by Crippen LogP contribution is -2.36. The lowest BCUT2D eigenvalue weighted by Gasteiger charge is -2.33. The number of aromatic carboxylic acids is 1. The number of carbonyl (C=O) groups is 1. The van der Waals surface area contributed by atoms with Crippen molar-refractivity contribution in [2.75, 3.05) is 6.54 Å². The zero-order valence-electron chi connectivity index (χ0n) is 13.5. The quantitative estimate of drug-likeness (QED) is 0.908. The van der Waals surface area contributed by atoms with E-state index in [4.69, 9.17) is 0 Å². The molecule has 0 bridgehead atoms. The number of likely N-dealkylation sites (tertiary alicyclic amines) is 1. The maximum absolute atomic E-state index is 11.4. The molecule has 3 rings (SSSR count). The average Bonchev–Trinajstić information content (AvgIpc) is 2.58. The van der Waals surface area contributed by atoms with Crippen molar-refractivity contribution in [2.24, 2.45) is 0 Å². The summed E-state index contributed by atoms with van der Waals surface area (Å²) in [5.74, 6) is -0.883. The van der Waals surface area contributed by atoms with Gasteiger partial charge in [0.25, 0.3) is 0 Å². The molecule has 3 heteroatoms. The normalized spacial score (nSPS) is 18.7. The SMILES string of the molecule is C[C@H]1CCCCN1Cc1ccc(-c2ccccc2C(=O)O)cc1. The fourth-order valence-corrected chi connectivity index (χ4v) is 3.34. The minimum Gasteiger partial charge on any atom is -0.478 e. The van der Waals surface area contributed by atoms with Gasteiger partial charge in [-0.2, -0.15) is 0 Å². The molecule has 120 valence electrons. The van der Waals surface area contributed by atoms with Crippen LogP contribution in [0.25, 0.3) is 11.1 Å². The average molecular weight is 309 g/mol. The van der Waals surface area contributed by atoms with Crippen LogP contribution in [0.1, 0.15) is 42.1 Å². The molecule has 3 nitrogen and oxygen atoms in total. The first-order valence-electron chi connectivity index (χ1n) is 8.31. The fourth-order valence-electron chi connectivity index (χ4n) is 3.34. The molecule has 0 unspecified atom stereocenters. The van der Waals surface area contributed by atoms with Gasteiger partial charge >= 0.3 is 5.97 Å². The van der Waals surface area contributed by atoms with Gasteiger partial charge in [0.15, 0.2) is 0 Å². The molecule has 1 heterocycles. The highest BCUT2D eigenvalue weighted by molar-refractivity contribution is 5.95. The molecule has 0 amide bonds. The molecule has 0 radical (unpaired) electrons. The first kappa shape index (κ1) is 15.8. The number of benzene rings is 2. The van der Waals surface area contributed by atoms with E-state index in [1.807, 2.05) is 24.3 Å². The van der Waals surface area contributed by atoms with Gasteiger partial charge in [0.1, 0.15) is 0 Å². The van der Waals surface area contributed by atoms with Crippen molar-refractivity contribution in [3.8, 4) is 11.1 Å². The van der Waals surface area contributed by atoms with Crippen LogP contribution in [0, 0.1) is 0 Å². The van der Waals surface area contributed by atoms with Crippen molar-refractivity contribution >= 4 is 5.97 Å². The Morgan fingerprint density at radius 3 is 2.57 bits per heavy atom. The molecule has 1 saturated heterocycles. The molecule has 1 aliphatic heterocycles. The van der Waals surface area contributed by atoms with Crippen molar-refractivity contribution in [1.29, 1.82) is 0 Å². The maximum Gasteiger partial charge on any atom is 0.336 e. The first-order valence-corrected chi connectivity index (χ1v) is 8.31. The Balaban J connectivity index is 1.78. The van der Waals surface area contributed by atoms with Crippen LogP contribution in [-0.2, 0) is 6.54 Å². The Morgan fingerprint density at radius 2 is 1.87 bits per heavy atom. The standard InChI is InChI=1S/C20H23NO2/c1-15-6-4-5-13-21(15)14-16-9-11-17(12-10-16)18-7-2-3-8-19(18)20(22)23/h2-3,7-12,15H,4-6,13-14H2,1H3,(H,22,23)/t15-/m0/s1. The predicted molar refractivity (Wildman–Crippen MR) is 92.6 cm³/mol. The van der Waals surface area contributed by atoms with Crippen LogP contribution in [0.5, 0.6) is 0 Å². The van der Waals surface area contributed by atoms with E-state index in [1.54, 1.807) is 12.1 Å². The molecule has 1 aliphatic rings. The molecular weight excluding hydrogens is 286 g/mol. The van der Waals surface area contributed by atoms with Gasteiger partial charge in [-0.25, -0.2) is 4.79 Å². The summed E-state index contributed by atoms with van der Waals surface area (Å²) >= 11 is 0. The van der Waals surface area contributed by atoms with E-state index in [9.17, 15) is 9.90 Å². The molecule has 0 saturated carbocycles. The van der Waals surface area contributed by atoms with E-state index >= 15 is 0 Å². The second-order valence-corrected chi connectivity index (χ2v) is 6.36. The Bertz CT molecular complexity index is 678. The van der Waals surface area contributed by atoms with Gasteiger partial charge in [-0.05, 0) is 49.1 Å². The number of carboxylic acid groups (broad SMARTS) is 1. The third-order valence-corrected chi connectivity index (χ3v) is 4.75. The molecule has 0 aliphatic carbocycles. The van der Waals surface area contributed by atoms with E-state index in [1.165, 1.54) is 31.4 Å². The van der Waals surface area contributed by atoms with E-state index < -0.39 is 5.97 Å². The summed E-state index contributed by atoms with van der Waals surface area (Å²) in [7, 11) is 0. The van der Waals surface area contributed by atoms with Gasteiger partial charge in [0.05, 0.1) is 5.56 Å². The van der Waals surface area contributed by atoms with Gasteiger partial charge < -0.3 is 5.11 Å². The van der Waals surface area contributed by atoms with Crippen LogP contribution in [0.4, 0.5) is 0 Å². The summed E-state index contributed by atoms with van der Waals surface area (Å²) in [5, 5.41) is 9.32. The number of carboxylic acids is 1. The van der Waals surface area contributed by atoms with Crippen LogP contribution in [0.3, 0.4) is 0 Å². The van der Waals surface area contributed by atoms with Crippen LogP contribution in [0.2, 0.25) is 0 Å². The Kier molecular flexibility index (Phi) is 4.77. The second kappa shape index (κ2) is 6.97. The van der Waals surface area contributed by atoms with Crippen molar-refractivity contribution in [2.45, 2.75) is 38.8 Å². The minimum atomic E-state index is -0.883. The molecule has 1 atom stereocenters. The lowest BCUT2D eigenvalue weighted by molar-refractivity contribution is 0.0697. The molecule has 1 N–H and O–H groups in total. The first-order chi connectivity index (χ1) is 11.1. The third kappa shape index (κ3) is 3.62. The zero-order chi connectivity index (χ0) is 16.2. The summed E-state index contributed by atoms with van der Waals surface area (Å²) in [6.07, 6.45) is 3.90. The highest BCUT2D eigenvalue weighted by atomic mass is 16.4. The smallest absolute Gasteiger partial charge is 0.336 e. The molecule has 0 aromatic heterocycles. The monoisotopic (exact) mass is 309 g/mol. The number of nitrogens with zero attached hydrogens (tertiary/aromatic N) is 1. The van der Waals surface area contributed by atoms with E-state index in [0.29, 0.717) is 11.6 Å². The molecule has 23 heavy (non-hydrogen) atoms. The summed E-state index contributed by atoms with van der Waals surface area (Å²) in [5.41, 5.74) is 3.37. The molecular formula is C20H23NO2. The van der Waals surface area contributed by atoms with Crippen LogP contribution in [-0.4, -0.2) is 28.6 Å². The van der Waals surface area contributed by atoms with Crippen molar-refractivity contribution < 1.29 is 9.90 Å². The highest BCUT2D eigenvalue weighted by Crippen LogP contribution is 2.25. The number of rotatable bonds is 4. The predicted octanol–water partition coefficient (Wildman–Crippen LogP) is 4.43. The lowest BCUT2D eigenvalue weighted by atomic mass is 9.98. The van der Waals surface area contributed by atoms with E-state index in [0.717, 1.165) is 17.7 Å². The van der Waals surface area contributed by atoms with Crippen LogP contribution in [0.15, 0.2) is 48.5 Å². The molecule has 1 fully saturated rings. The largest absolute Gasteiger partial charge is 0.478 e. The second-order valence-electron chi connectivity index (χ2n) is 6.36. The molecule has 0 spiro atoms. The van der Waals surface area contributed by atoms with Gasteiger partial charge in [-0.1, -0.05) is 48.9 Å². The number of piperidine rings is 1. The van der Waals surface area contributed by atoms with Gasteiger partial charge in [-0.15, -0.1) is 0 Å². The van der Waals surface area contributed by atoms with Crippen molar-refractivity contribution in [3.05, 3.63) is 59.7 Å². The zero-order valence-corrected chi connectivity index (χ0v) is 13.5. The summed E-state index contributed by atoms with van der Waals surface area (Å²) in [6.45, 7) is 4.45. The fraction of sp³-hybridized carbons (Fsp3) is 0.350. The summed E-state index contributed by atoms with van der Waals surface area (Å²) in [4.78, 5) is 13.9. The summed E-state index contributed by atoms with van der Waals surface area (Å²) in [6, 6.07) is 16.1. The Hall–Kier alpha value is -2.13. The Morgan fingerprint density at radius 1 is 1.13 bits per heavy atom. The highest BCUT2D eigenvalue weighted by Gasteiger charge is 2.18. The molecule has 2 aromatic rings. The van der Waals surface area contributed by atoms with E-state index in [2.05, 4.69) is 24.0 Å². The summed E-state index contributed by atoms with van der Waals surface area (Å²) < 4.78 is 0. The topological polar surface area (TPSA) is 40.5 Å². The van der Waals surface area contributed by atoms with Crippen LogP contribution < -0.4 is 0 Å². The number of hydrogen-bond donors (Lipinski definition) is 1. The van der Waals surface area contributed by atoms with Gasteiger partial charge in [-0.3, -0.25) is 4.90 Å². The third-order valence-electron chi connectivity index (χ3n) is 4.75. The van der Waals surface area contributed by atoms with Gasteiger partial charge in [0, 0.05) is 12.6 Å².